The van der Waals surface area contributed by atoms with E-state index in [0.717, 1.165) is 0 Å². The number of carbonyl (C=O) groups is 1. The van der Waals surface area contributed by atoms with Crippen molar-refractivity contribution in [1.82, 2.24) is 4.98 Å². The number of halogens is 2. The fraction of sp³-hybridized carbons (Fsp3) is 0. The number of aromatic nitrogens is 1. The lowest BCUT2D eigenvalue weighted by molar-refractivity contribution is 0.102. The highest BCUT2D eigenvalue weighted by atomic mass is 35.5. The SMILES string of the molecule is O=C(Nc1ccc(Nc2ccccc2F)nc1)c1cccc(Cl)c1. The smallest absolute Gasteiger partial charge is 0.255 e. The van der Waals surface area contributed by atoms with Crippen molar-refractivity contribution < 1.29 is 9.18 Å². The minimum absolute atomic E-state index is 0.283. The number of amides is 1. The summed E-state index contributed by atoms with van der Waals surface area (Å²) in [5, 5.41) is 6.09. The van der Waals surface area contributed by atoms with Crippen LogP contribution in [0.5, 0.6) is 0 Å². The van der Waals surface area contributed by atoms with Gasteiger partial charge in [0.15, 0.2) is 0 Å². The Morgan fingerprint density at radius 2 is 1.88 bits per heavy atom. The van der Waals surface area contributed by atoms with Gasteiger partial charge in [0, 0.05) is 10.6 Å². The molecule has 1 heterocycles. The van der Waals surface area contributed by atoms with Crippen molar-refractivity contribution in [2.45, 2.75) is 0 Å². The first-order chi connectivity index (χ1) is 11.6. The van der Waals surface area contributed by atoms with Crippen LogP contribution in [-0.4, -0.2) is 10.9 Å². The van der Waals surface area contributed by atoms with Gasteiger partial charge in [-0.05, 0) is 42.5 Å². The maximum absolute atomic E-state index is 13.6. The molecule has 0 aliphatic rings. The van der Waals surface area contributed by atoms with Gasteiger partial charge in [-0.25, -0.2) is 9.37 Å². The van der Waals surface area contributed by atoms with Crippen LogP contribution in [0, 0.1) is 5.82 Å². The molecule has 3 rings (SSSR count). The van der Waals surface area contributed by atoms with E-state index < -0.39 is 0 Å². The highest BCUT2D eigenvalue weighted by molar-refractivity contribution is 6.31. The predicted octanol–water partition coefficient (Wildman–Crippen LogP) is 4.87. The summed E-state index contributed by atoms with van der Waals surface area (Å²) in [6.07, 6.45) is 1.49. The third-order valence-electron chi connectivity index (χ3n) is 3.24. The van der Waals surface area contributed by atoms with E-state index in [1.54, 1.807) is 54.6 Å². The number of rotatable bonds is 4. The maximum Gasteiger partial charge on any atom is 0.255 e. The van der Waals surface area contributed by atoms with Gasteiger partial charge in [-0.2, -0.15) is 0 Å². The van der Waals surface area contributed by atoms with E-state index in [1.807, 2.05) is 0 Å². The first-order valence-electron chi connectivity index (χ1n) is 7.16. The van der Waals surface area contributed by atoms with E-state index >= 15 is 0 Å². The van der Waals surface area contributed by atoms with Gasteiger partial charge in [0.1, 0.15) is 11.6 Å². The Balaban J connectivity index is 1.68. The number of pyridine rings is 1. The van der Waals surface area contributed by atoms with E-state index in [-0.39, 0.29) is 11.7 Å². The topological polar surface area (TPSA) is 54.0 Å². The Kier molecular flexibility index (Phi) is 4.72. The van der Waals surface area contributed by atoms with Crippen LogP contribution in [0.4, 0.5) is 21.6 Å². The molecule has 4 nitrogen and oxygen atoms in total. The Hall–Kier alpha value is -2.92. The van der Waals surface area contributed by atoms with Crippen LogP contribution in [0.1, 0.15) is 10.4 Å². The standard InChI is InChI=1S/C18H13ClFN3O/c19-13-5-3-4-12(10-13)18(24)22-14-8-9-17(21-11-14)23-16-7-2-1-6-15(16)20/h1-11H,(H,21,23)(H,22,24). The third-order valence-corrected chi connectivity index (χ3v) is 3.48. The minimum atomic E-state index is -0.363. The molecular weight excluding hydrogens is 329 g/mol. The lowest BCUT2D eigenvalue weighted by Crippen LogP contribution is -2.12. The first kappa shape index (κ1) is 16.0. The van der Waals surface area contributed by atoms with Gasteiger partial charge in [-0.15, -0.1) is 0 Å². The molecule has 0 atom stereocenters. The Morgan fingerprint density at radius 3 is 2.58 bits per heavy atom. The zero-order valence-electron chi connectivity index (χ0n) is 12.5. The van der Waals surface area contributed by atoms with Crippen molar-refractivity contribution in [3.63, 3.8) is 0 Å². The van der Waals surface area contributed by atoms with E-state index in [0.29, 0.717) is 27.8 Å². The van der Waals surface area contributed by atoms with Crippen LogP contribution in [0.3, 0.4) is 0 Å². The second kappa shape index (κ2) is 7.10. The van der Waals surface area contributed by atoms with E-state index in [1.165, 1.54) is 12.3 Å². The summed E-state index contributed by atoms with van der Waals surface area (Å²) in [7, 11) is 0. The van der Waals surface area contributed by atoms with E-state index in [4.69, 9.17) is 11.6 Å². The summed E-state index contributed by atoms with van der Waals surface area (Å²) >= 11 is 5.87. The quantitative estimate of drug-likeness (QED) is 0.711. The predicted molar refractivity (Wildman–Crippen MR) is 93.3 cm³/mol. The lowest BCUT2D eigenvalue weighted by atomic mass is 10.2. The molecule has 1 aromatic heterocycles. The van der Waals surface area contributed by atoms with Gasteiger partial charge < -0.3 is 10.6 Å². The average Bonchev–Trinajstić information content (AvgIpc) is 2.58. The van der Waals surface area contributed by atoms with Gasteiger partial charge in [0.05, 0.1) is 17.6 Å². The molecule has 0 unspecified atom stereocenters. The molecule has 0 saturated heterocycles. The summed E-state index contributed by atoms with van der Waals surface area (Å²) in [4.78, 5) is 16.3. The van der Waals surface area contributed by atoms with Gasteiger partial charge in [-0.3, -0.25) is 4.79 Å². The summed E-state index contributed by atoms with van der Waals surface area (Å²) < 4.78 is 13.6. The van der Waals surface area contributed by atoms with E-state index in [2.05, 4.69) is 15.6 Å². The summed E-state index contributed by atoms with van der Waals surface area (Å²) in [5.41, 5.74) is 1.32. The average molecular weight is 342 g/mol. The molecule has 3 aromatic rings. The fourth-order valence-corrected chi connectivity index (χ4v) is 2.27. The maximum atomic E-state index is 13.6. The molecule has 120 valence electrons. The molecule has 0 saturated carbocycles. The molecule has 24 heavy (non-hydrogen) atoms. The molecule has 0 radical (unpaired) electrons. The van der Waals surface area contributed by atoms with Crippen molar-refractivity contribution in [3.05, 3.63) is 83.3 Å². The fourth-order valence-electron chi connectivity index (χ4n) is 2.08. The Labute approximate surface area is 143 Å². The van der Waals surface area contributed by atoms with Gasteiger partial charge in [-0.1, -0.05) is 29.8 Å². The van der Waals surface area contributed by atoms with Crippen molar-refractivity contribution in [2.75, 3.05) is 10.6 Å². The number of hydrogen-bond donors (Lipinski definition) is 2. The van der Waals surface area contributed by atoms with Crippen LogP contribution >= 0.6 is 11.6 Å². The number of hydrogen-bond acceptors (Lipinski definition) is 3. The van der Waals surface area contributed by atoms with Crippen LogP contribution in [0.15, 0.2) is 66.9 Å². The number of anilines is 3. The molecule has 0 bridgehead atoms. The summed E-state index contributed by atoms with van der Waals surface area (Å²) in [6, 6.07) is 16.3. The monoisotopic (exact) mass is 341 g/mol. The third kappa shape index (κ3) is 3.88. The molecule has 6 heteroatoms. The van der Waals surface area contributed by atoms with Gasteiger partial charge >= 0.3 is 0 Å². The molecular formula is C18H13ClFN3O. The van der Waals surface area contributed by atoms with Crippen LogP contribution in [0.25, 0.3) is 0 Å². The lowest BCUT2D eigenvalue weighted by Gasteiger charge is -2.08. The Morgan fingerprint density at radius 1 is 1.04 bits per heavy atom. The number of nitrogens with one attached hydrogen (secondary N) is 2. The van der Waals surface area contributed by atoms with Crippen molar-refractivity contribution in [2.24, 2.45) is 0 Å². The number of para-hydroxylation sites is 1. The first-order valence-corrected chi connectivity index (χ1v) is 7.54. The number of benzene rings is 2. The molecule has 0 aliphatic carbocycles. The molecule has 0 aliphatic heterocycles. The van der Waals surface area contributed by atoms with Crippen LogP contribution in [-0.2, 0) is 0 Å². The second-order valence-electron chi connectivity index (χ2n) is 5.00. The molecule has 2 aromatic carbocycles. The largest absolute Gasteiger partial charge is 0.338 e. The van der Waals surface area contributed by atoms with Crippen LogP contribution < -0.4 is 10.6 Å². The number of carbonyl (C=O) groups excluding carboxylic acids is 1. The van der Waals surface area contributed by atoms with E-state index in [9.17, 15) is 9.18 Å². The summed E-state index contributed by atoms with van der Waals surface area (Å²) in [6.45, 7) is 0. The van der Waals surface area contributed by atoms with Crippen LogP contribution in [0.2, 0.25) is 5.02 Å². The van der Waals surface area contributed by atoms with Crippen molar-refractivity contribution in [3.8, 4) is 0 Å². The van der Waals surface area contributed by atoms with Crippen molar-refractivity contribution in [1.29, 1.82) is 0 Å². The molecule has 0 spiro atoms. The van der Waals surface area contributed by atoms with Gasteiger partial charge in [0.25, 0.3) is 5.91 Å². The Bertz CT molecular complexity index is 868. The highest BCUT2D eigenvalue weighted by Crippen LogP contribution is 2.19. The normalized spacial score (nSPS) is 10.2. The molecule has 2 N–H and O–H groups in total. The molecule has 1 amide bonds. The minimum Gasteiger partial charge on any atom is -0.338 e. The molecule has 0 fully saturated rings. The second-order valence-corrected chi connectivity index (χ2v) is 5.44. The zero-order valence-corrected chi connectivity index (χ0v) is 13.2. The summed E-state index contributed by atoms with van der Waals surface area (Å²) in [5.74, 6) is -0.174. The number of nitrogens with zero attached hydrogens (tertiary/aromatic N) is 1. The van der Waals surface area contributed by atoms with Gasteiger partial charge in [0.2, 0.25) is 0 Å². The van der Waals surface area contributed by atoms with Crippen molar-refractivity contribution >= 4 is 34.7 Å². The highest BCUT2D eigenvalue weighted by Gasteiger charge is 2.07. The zero-order chi connectivity index (χ0) is 16.9.